The Kier molecular flexibility index (Phi) is 6.15. The van der Waals surface area contributed by atoms with E-state index in [0.29, 0.717) is 18.4 Å². The Morgan fingerprint density at radius 1 is 1.13 bits per heavy atom. The van der Waals surface area contributed by atoms with Crippen molar-refractivity contribution >= 4 is 11.5 Å². The number of benzene rings is 1. The standard InChI is InChI=1S/C19H25N3O/c1-4-15(5-2)22-19-17(8-7-13-21-19)18(20)14-9-11-16(12-10-14)23-6-3/h7-13,15,20H,4-6H2,1-3H3,(H,21,22). The zero-order chi connectivity index (χ0) is 16.7. The van der Waals surface area contributed by atoms with Crippen LogP contribution in [0.25, 0.3) is 0 Å². The second-order valence-corrected chi connectivity index (χ2v) is 5.39. The minimum atomic E-state index is 0.372. The molecule has 0 radical (unpaired) electrons. The van der Waals surface area contributed by atoms with Crippen molar-refractivity contribution in [1.29, 1.82) is 5.41 Å². The molecule has 23 heavy (non-hydrogen) atoms. The van der Waals surface area contributed by atoms with Crippen LogP contribution in [-0.4, -0.2) is 23.3 Å². The van der Waals surface area contributed by atoms with E-state index in [9.17, 15) is 0 Å². The van der Waals surface area contributed by atoms with Crippen LogP contribution in [0.1, 0.15) is 44.7 Å². The van der Waals surface area contributed by atoms with Gasteiger partial charge in [-0.15, -0.1) is 0 Å². The van der Waals surface area contributed by atoms with Crippen molar-refractivity contribution in [2.45, 2.75) is 39.7 Å². The van der Waals surface area contributed by atoms with Crippen LogP contribution in [0.4, 0.5) is 5.82 Å². The molecule has 0 unspecified atom stereocenters. The quantitative estimate of drug-likeness (QED) is 0.706. The van der Waals surface area contributed by atoms with Crippen molar-refractivity contribution in [2.75, 3.05) is 11.9 Å². The zero-order valence-electron chi connectivity index (χ0n) is 14.1. The fourth-order valence-electron chi connectivity index (χ4n) is 2.45. The molecule has 122 valence electrons. The first-order valence-electron chi connectivity index (χ1n) is 8.23. The third kappa shape index (κ3) is 4.31. The summed E-state index contributed by atoms with van der Waals surface area (Å²) in [5, 5.41) is 12.0. The van der Waals surface area contributed by atoms with Gasteiger partial charge in [-0.3, -0.25) is 5.41 Å². The highest BCUT2D eigenvalue weighted by molar-refractivity contribution is 6.13. The molecule has 2 aromatic rings. The fourth-order valence-corrected chi connectivity index (χ4v) is 2.45. The van der Waals surface area contributed by atoms with E-state index < -0.39 is 0 Å². The number of pyridine rings is 1. The summed E-state index contributed by atoms with van der Waals surface area (Å²) in [5.74, 6) is 1.60. The van der Waals surface area contributed by atoms with E-state index in [1.165, 1.54) is 0 Å². The first-order chi connectivity index (χ1) is 11.2. The Morgan fingerprint density at radius 3 is 2.43 bits per heavy atom. The molecular formula is C19H25N3O. The minimum absolute atomic E-state index is 0.372. The molecule has 4 nitrogen and oxygen atoms in total. The lowest BCUT2D eigenvalue weighted by atomic mass is 10.0. The summed E-state index contributed by atoms with van der Waals surface area (Å²) in [6.45, 7) is 6.91. The molecule has 4 heteroatoms. The molecule has 0 saturated carbocycles. The van der Waals surface area contributed by atoms with Crippen LogP contribution in [-0.2, 0) is 0 Å². The van der Waals surface area contributed by atoms with Gasteiger partial charge in [0.15, 0.2) is 0 Å². The number of ether oxygens (including phenoxy) is 1. The van der Waals surface area contributed by atoms with Crippen molar-refractivity contribution in [3.63, 3.8) is 0 Å². The number of rotatable bonds is 8. The molecule has 2 rings (SSSR count). The molecule has 1 heterocycles. The van der Waals surface area contributed by atoms with Gasteiger partial charge in [-0.2, -0.15) is 0 Å². The molecule has 0 aliphatic carbocycles. The minimum Gasteiger partial charge on any atom is -0.494 e. The summed E-state index contributed by atoms with van der Waals surface area (Å²) in [5.41, 5.74) is 2.15. The Balaban J connectivity index is 2.25. The summed E-state index contributed by atoms with van der Waals surface area (Å²) in [7, 11) is 0. The predicted octanol–water partition coefficient (Wildman–Crippen LogP) is 4.50. The monoisotopic (exact) mass is 311 g/mol. The van der Waals surface area contributed by atoms with Crippen LogP contribution < -0.4 is 10.1 Å². The highest BCUT2D eigenvalue weighted by atomic mass is 16.5. The number of aromatic nitrogens is 1. The Morgan fingerprint density at radius 2 is 1.83 bits per heavy atom. The molecule has 0 atom stereocenters. The van der Waals surface area contributed by atoms with Crippen LogP contribution in [0.5, 0.6) is 5.75 Å². The van der Waals surface area contributed by atoms with Crippen molar-refractivity contribution in [1.82, 2.24) is 4.98 Å². The number of nitrogens with zero attached hydrogens (tertiary/aromatic N) is 1. The van der Waals surface area contributed by atoms with Crippen LogP contribution in [0.3, 0.4) is 0 Å². The first-order valence-corrected chi connectivity index (χ1v) is 8.23. The molecule has 0 saturated heterocycles. The van der Waals surface area contributed by atoms with Crippen LogP contribution >= 0.6 is 0 Å². The largest absolute Gasteiger partial charge is 0.494 e. The first kappa shape index (κ1) is 17.0. The highest BCUT2D eigenvalue weighted by Crippen LogP contribution is 2.20. The Labute approximate surface area is 138 Å². The molecule has 1 aromatic carbocycles. The van der Waals surface area contributed by atoms with E-state index in [1.807, 2.05) is 43.3 Å². The molecule has 0 aliphatic rings. The van der Waals surface area contributed by atoms with Gasteiger partial charge >= 0.3 is 0 Å². The van der Waals surface area contributed by atoms with E-state index in [0.717, 1.165) is 35.5 Å². The molecule has 0 bridgehead atoms. The van der Waals surface area contributed by atoms with Gasteiger partial charge < -0.3 is 10.1 Å². The van der Waals surface area contributed by atoms with Crippen LogP contribution in [0, 0.1) is 5.41 Å². The van der Waals surface area contributed by atoms with Gasteiger partial charge in [0.25, 0.3) is 0 Å². The number of anilines is 1. The summed E-state index contributed by atoms with van der Waals surface area (Å²) in [4.78, 5) is 4.43. The molecule has 1 aromatic heterocycles. The van der Waals surface area contributed by atoms with Gasteiger partial charge in [-0.05, 0) is 56.2 Å². The Bertz CT molecular complexity index is 633. The summed E-state index contributed by atoms with van der Waals surface area (Å²) >= 11 is 0. The molecule has 2 N–H and O–H groups in total. The van der Waals surface area contributed by atoms with Gasteiger partial charge in [0.05, 0.1) is 12.3 Å². The molecule has 0 amide bonds. The predicted molar refractivity (Wildman–Crippen MR) is 95.8 cm³/mol. The third-order valence-corrected chi connectivity index (χ3v) is 3.86. The lowest BCUT2D eigenvalue weighted by molar-refractivity contribution is 0.340. The number of nitrogens with one attached hydrogen (secondary N) is 2. The molecule has 0 aliphatic heterocycles. The maximum atomic E-state index is 8.52. The van der Waals surface area contributed by atoms with E-state index in [-0.39, 0.29) is 0 Å². The van der Waals surface area contributed by atoms with Crippen molar-refractivity contribution < 1.29 is 4.74 Å². The second-order valence-electron chi connectivity index (χ2n) is 5.39. The van der Waals surface area contributed by atoms with Crippen molar-refractivity contribution in [2.24, 2.45) is 0 Å². The zero-order valence-corrected chi connectivity index (χ0v) is 14.1. The maximum Gasteiger partial charge on any atom is 0.135 e. The van der Waals surface area contributed by atoms with E-state index in [4.69, 9.17) is 10.1 Å². The summed E-state index contributed by atoms with van der Waals surface area (Å²) in [6.07, 6.45) is 3.82. The van der Waals surface area contributed by atoms with Crippen molar-refractivity contribution in [3.05, 3.63) is 53.7 Å². The molecule has 0 fully saturated rings. The molecular weight excluding hydrogens is 286 g/mol. The average Bonchev–Trinajstić information content (AvgIpc) is 2.60. The van der Waals surface area contributed by atoms with Gasteiger partial charge in [0, 0.05) is 23.4 Å². The van der Waals surface area contributed by atoms with Crippen LogP contribution in [0.2, 0.25) is 0 Å². The van der Waals surface area contributed by atoms with Gasteiger partial charge in [0.1, 0.15) is 11.6 Å². The van der Waals surface area contributed by atoms with E-state index in [2.05, 4.69) is 24.1 Å². The highest BCUT2D eigenvalue weighted by Gasteiger charge is 2.13. The number of hydrogen-bond acceptors (Lipinski definition) is 4. The van der Waals surface area contributed by atoms with Crippen LogP contribution in [0.15, 0.2) is 42.6 Å². The van der Waals surface area contributed by atoms with Gasteiger partial charge in [-0.1, -0.05) is 13.8 Å². The Hall–Kier alpha value is -2.36. The maximum absolute atomic E-state index is 8.52. The lowest BCUT2D eigenvalue weighted by Crippen LogP contribution is -2.20. The fraction of sp³-hybridized carbons (Fsp3) is 0.368. The topological polar surface area (TPSA) is 58.0 Å². The van der Waals surface area contributed by atoms with Gasteiger partial charge in [0.2, 0.25) is 0 Å². The smallest absolute Gasteiger partial charge is 0.135 e. The van der Waals surface area contributed by atoms with E-state index in [1.54, 1.807) is 6.20 Å². The summed E-state index contributed by atoms with van der Waals surface area (Å²) < 4.78 is 5.46. The van der Waals surface area contributed by atoms with Gasteiger partial charge in [-0.25, -0.2) is 4.98 Å². The average molecular weight is 311 g/mol. The SMILES string of the molecule is CCOc1ccc(C(=N)c2cccnc2NC(CC)CC)cc1. The number of hydrogen-bond donors (Lipinski definition) is 2. The third-order valence-electron chi connectivity index (χ3n) is 3.86. The van der Waals surface area contributed by atoms with Crippen molar-refractivity contribution in [3.8, 4) is 5.75 Å². The van der Waals surface area contributed by atoms with E-state index >= 15 is 0 Å². The summed E-state index contributed by atoms with van der Waals surface area (Å²) in [6, 6.07) is 11.8. The normalized spacial score (nSPS) is 10.6. The molecule has 0 spiro atoms. The lowest BCUT2D eigenvalue weighted by Gasteiger charge is -2.18. The second kappa shape index (κ2) is 8.32.